The number of ether oxygens (including phenoxy) is 2. The van der Waals surface area contributed by atoms with Crippen LogP contribution < -0.4 is 5.32 Å². The Kier molecular flexibility index (Phi) is 57.9. The first-order valence-electron chi connectivity index (χ1n) is 35.9. The minimum Gasteiger partial charge on any atom is -0.394 e. The van der Waals surface area contributed by atoms with Gasteiger partial charge >= 0.3 is 0 Å². The fourth-order valence-corrected chi connectivity index (χ4v) is 11.6. The second-order valence-corrected chi connectivity index (χ2v) is 25.3. The molecule has 1 amide bonds. The van der Waals surface area contributed by atoms with Crippen molar-refractivity contribution in [2.24, 2.45) is 0 Å². The van der Waals surface area contributed by atoms with E-state index in [4.69, 9.17) is 9.47 Å². The molecule has 0 radical (unpaired) electrons. The summed E-state index contributed by atoms with van der Waals surface area (Å²) in [5.74, 6) is -0.705. The van der Waals surface area contributed by atoms with Crippen molar-refractivity contribution in [1.29, 1.82) is 0 Å². The third-order valence-electron chi connectivity index (χ3n) is 17.4. The Morgan fingerprint density at radius 3 is 1.07 bits per heavy atom. The molecular formula is C72H137NO10. The number of nitrogens with one attached hydrogen (secondary N) is 1. The molecule has 0 aromatic rings. The smallest absolute Gasteiger partial charge is 0.249 e. The molecule has 1 saturated heterocycles. The maximum atomic E-state index is 13.3. The first-order chi connectivity index (χ1) is 40.7. The lowest BCUT2D eigenvalue weighted by atomic mass is 9.98. The van der Waals surface area contributed by atoms with Gasteiger partial charge in [-0.15, -0.1) is 0 Å². The first-order valence-corrected chi connectivity index (χ1v) is 35.9. The van der Waals surface area contributed by atoms with E-state index in [1.54, 1.807) is 0 Å². The summed E-state index contributed by atoms with van der Waals surface area (Å²) in [6, 6.07) is -1.19. The SMILES string of the molecule is CCCCCCCCCCCCCC/C=C\CCCCCCCCCCCCCCCCC(O)C(=O)NC(COC1OC(CO)C(O)C(O)C1O)C(O)C(O)CCC/C=C/CC/C=C/CCCCCCCCCCCCCCCCCCC. The quantitative estimate of drug-likeness (QED) is 0.0215. The van der Waals surface area contributed by atoms with Gasteiger partial charge in [0, 0.05) is 0 Å². The molecule has 83 heavy (non-hydrogen) atoms. The number of amides is 1. The molecule has 8 N–H and O–H groups in total. The lowest BCUT2D eigenvalue weighted by Gasteiger charge is -2.40. The molecule has 9 unspecified atom stereocenters. The van der Waals surface area contributed by atoms with Crippen molar-refractivity contribution in [2.45, 2.75) is 403 Å². The molecule has 0 bridgehead atoms. The third-order valence-corrected chi connectivity index (χ3v) is 17.4. The Hall–Kier alpha value is -1.67. The number of allylic oxidation sites excluding steroid dienone is 6. The average Bonchev–Trinajstić information content (AvgIpc) is 3.68. The van der Waals surface area contributed by atoms with Crippen LogP contribution in [0.5, 0.6) is 0 Å². The van der Waals surface area contributed by atoms with Crippen LogP contribution in [0.1, 0.15) is 348 Å². The zero-order chi connectivity index (χ0) is 60.3. The van der Waals surface area contributed by atoms with Gasteiger partial charge in [0.15, 0.2) is 6.29 Å². The predicted octanol–water partition coefficient (Wildman–Crippen LogP) is 17.4. The first kappa shape index (κ1) is 79.3. The largest absolute Gasteiger partial charge is 0.394 e. The van der Waals surface area contributed by atoms with Gasteiger partial charge in [-0.3, -0.25) is 4.79 Å². The lowest BCUT2D eigenvalue weighted by Crippen LogP contribution is -2.60. The van der Waals surface area contributed by atoms with E-state index >= 15 is 0 Å². The Balaban J connectivity index is 2.22. The van der Waals surface area contributed by atoms with Crippen LogP contribution in [0, 0.1) is 0 Å². The maximum Gasteiger partial charge on any atom is 0.249 e. The van der Waals surface area contributed by atoms with Gasteiger partial charge in [-0.2, -0.15) is 0 Å². The summed E-state index contributed by atoms with van der Waals surface area (Å²) in [5, 5.41) is 76.5. The van der Waals surface area contributed by atoms with Crippen molar-refractivity contribution in [3.63, 3.8) is 0 Å². The van der Waals surface area contributed by atoms with Gasteiger partial charge < -0.3 is 50.5 Å². The van der Waals surface area contributed by atoms with Crippen molar-refractivity contribution in [3.05, 3.63) is 36.5 Å². The van der Waals surface area contributed by atoms with Gasteiger partial charge in [0.1, 0.15) is 36.6 Å². The van der Waals surface area contributed by atoms with Crippen LogP contribution in [0.2, 0.25) is 0 Å². The molecule has 9 atom stereocenters. The van der Waals surface area contributed by atoms with Crippen molar-refractivity contribution in [2.75, 3.05) is 13.2 Å². The fourth-order valence-electron chi connectivity index (χ4n) is 11.6. The lowest BCUT2D eigenvalue weighted by molar-refractivity contribution is -0.303. The molecule has 1 aliphatic rings. The van der Waals surface area contributed by atoms with E-state index in [2.05, 4.69) is 55.6 Å². The summed E-state index contributed by atoms with van der Waals surface area (Å²) in [7, 11) is 0. The van der Waals surface area contributed by atoms with Crippen molar-refractivity contribution in [3.8, 4) is 0 Å². The molecule has 1 rings (SSSR count). The van der Waals surface area contributed by atoms with Gasteiger partial charge in [-0.25, -0.2) is 0 Å². The summed E-state index contributed by atoms with van der Waals surface area (Å²) in [4.78, 5) is 13.3. The van der Waals surface area contributed by atoms with Crippen LogP contribution in [-0.2, 0) is 14.3 Å². The summed E-state index contributed by atoms with van der Waals surface area (Å²) in [6.45, 7) is 3.49. The molecule has 0 aromatic carbocycles. The molecule has 0 aliphatic carbocycles. The van der Waals surface area contributed by atoms with Gasteiger partial charge in [-0.05, 0) is 77.0 Å². The molecule has 11 heteroatoms. The highest BCUT2D eigenvalue weighted by atomic mass is 16.7. The Morgan fingerprint density at radius 1 is 0.410 bits per heavy atom. The van der Waals surface area contributed by atoms with Gasteiger partial charge in [-0.1, -0.05) is 307 Å². The van der Waals surface area contributed by atoms with E-state index in [1.165, 1.54) is 263 Å². The zero-order valence-electron chi connectivity index (χ0n) is 54.2. The molecule has 0 saturated carbocycles. The summed E-state index contributed by atoms with van der Waals surface area (Å²) < 4.78 is 11.2. The third kappa shape index (κ3) is 48.0. The molecule has 11 nitrogen and oxygen atoms in total. The predicted molar refractivity (Wildman–Crippen MR) is 349 cm³/mol. The van der Waals surface area contributed by atoms with Crippen LogP contribution in [0.15, 0.2) is 36.5 Å². The van der Waals surface area contributed by atoms with E-state index in [0.29, 0.717) is 19.3 Å². The minimum absolute atomic E-state index is 0.248. The normalized spacial score (nSPS) is 19.2. The molecular weight excluding hydrogens is 1040 g/mol. The molecule has 1 heterocycles. The monoisotopic (exact) mass is 1180 g/mol. The summed E-state index contributed by atoms with van der Waals surface area (Å²) in [5.41, 5.74) is 0. The summed E-state index contributed by atoms with van der Waals surface area (Å²) in [6.07, 6.45) is 66.6. The van der Waals surface area contributed by atoms with Gasteiger partial charge in [0.2, 0.25) is 5.91 Å². The highest BCUT2D eigenvalue weighted by Gasteiger charge is 2.44. The number of aliphatic hydroxyl groups excluding tert-OH is 7. The number of carbonyl (C=O) groups is 1. The van der Waals surface area contributed by atoms with E-state index in [1.807, 2.05) is 0 Å². The fraction of sp³-hybridized carbons (Fsp3) is 0.903. The number of aliphatic hydroxyl groups is 7. The number of hydrogen-bond donors (Lipinski definition) is 8. The second kappa shape index (κ2) is 60.6. The van der Waals surface area contributed by atoms with Crippen molar-refractivity contribution in [1.82, 2.24) is 5.32 Å². The number of hydrogen-bond acceptors (Lipinski definition) is 10. The number of unbranched alkanes of at least 4 members (excludes halogenated alkanes) is 45. The topological polar surface area (TPSA) is 189 Å². The van der Waals surface area contributed by atoms with E-state index < -0.39 is 74.2 Å². The molecule has 0 spiro atoms. The van der Waals surface area contributed by atoms with Crippen LogP contribution in [-0.4, -0.2) is 110 Å². The number of rotatable bonds is 63. The molecule has 490 valence electrons. The highest BCUT2D eigenvalue weighted by Crippen LogP contribution is 2.24. The Labute approximate surface area is 511 Å². The molecule has 1 fully saturated rings. The standard InChI is InChI=1S/C72H137NO10/c1-3-5-7-9-11-13-15-17-19-21-23-25-27-29-31-32-33-34-36-38-40-42-44-46-48-50-52-54-56-58-60-65(76)71(81)73-63(62-82-72-70(80)69(79)68(78)66(61-74)83-72)67(77)64(75)59-57-55-53-51-49-47-45-43-41-39-37-35-30-28-26-24-22-20-18-16-14-12-10-8-6-4-2/h29,31,43,45,51,53,63-70,72,74-80H,3-28,30,32-42,44,46-50,52,54-62H2,1-2H3,(H,73,81)/b31-29-,45-43+,53-51+. The van der Waals surface area contributed by atoms with Gasteiger partial charge in [0.25, 0.3) is 0 Å². The zero-order valence-corrected chi connectivity index (χ0v) is 54.2. The van der Waals surface area contributed by atoms with Crippen LogP contribution in [0.3, 0.4) is 0 Å². The second-order valence-electron chi connectivity index (χ2n) is 25.3. The van der Waals surface area contributed by atoms with Gasteiger partial charge in [0.05, 0.1) is 25.4 Å². The number of carbonyl (C=O) groups excluding carboxylic acids is 1. The average molecular weight is 1180 g/mol. The van der Waals surface area contributed by atoms with E-state index in [0.717, 1.165) is 38.5 Å². The Morgan fingerprint density at radius 2 is 0.723 bits per heavy atom. The summed E-state index contributed by atoms with van der Waals surface area (Å²) >= 11 is 0. The van der Waals surface area contributed by atoms with Crippen LogP contribution in [0.4, 0.5) is 0 Å². The van der Waals surface area contributed by atoms with Crippen molar-refractivity contribution < 1.29 is 50.0 Å². The van der Waals surface area contributed by atoms with Crippen LogP contribution in [0.25, 0.3) is 0 Å². The Bertz CT molecular complexity index is 1440. The van der Waals surface area contributed by atoms with E-state index in [9.17, 15) is 40.5 Å². The van der Waals surface area contributed by atoms with E-state index in [-0.39, 0.29) is 12.8 Å². The van der Waals surface area contributed by atoms with Crippen molar-refractivity contribution >= 4 is 5.91 Å². The highest BCUT2D eigenvalue weighted by molar-refractivity contribution is 5.80. The maximum absolute atomic E-state index is 13.3. The molecule has 0 aromatic heterocycles. The minimum atomic E-state index is -1.67. The molecule has 1 aliphatic heterocycles. The van der Waals surface area contributed by atoms with Crippen LogP contribution >= 0.6 is 0 Å².